The molecule has 0 fully saturated rings. The van der Waals surface area contributed by atoms with Crippen molar-refractivity contribution in [1.29, 1.82) is 0 Å². The summed E-state index contributed by atoms with van der Waals surface area (Å²) in [5.74, 6) is -0.00894. The van der Waals surface area contributed by atoms with E-state index >= 15 is 0 Å². The summed E-state index contributed by atoms with van der Waals surface area (Å²) in [6, 6.07) is 7.09. The predicted octanol–water partition coefficient (Wildman–Crippen LogP) is 1.58. The normalized spacial score (nSPS) is 10.1. The van der Waals surface area contributed by atoms with Gasteiger partial charge in [-0.1, -0.05) is 0 Å². The Balaban J connectivity index is 2.51. The summed E-state index contributed by atoms with van der Waals surface area (Å²) in [6.45, 7) is 0. The van der Waals surface area contributed by atoms with Crippen LogP contribution in [-0.2, 0) is 0 Å². The summed E-state index contributed by atoms with van der Waals surface area (Å²) in [6.07, 6.45) is 0. The third-order valence-corrected chi connectivity index (χ3v) is 2.08. The van der Waals surface area contributed by atoms with Crippen LogP contribution in [-0.4, -0.2) is 17.3 Å². The molecule has 5 heteroatoms. The van der Waals surface area contributed by atoms with Gasteiger partial charge >= 0.3 is 0 Å². The highest BCUT2D eigenvalue weighted by Gasteiger charge is 2.04. The minimum absolute atomic E-state index is 0.299. The molecule has 2 aromatic rings. The van der Waals surface area contributed by atoms with Crippen molar-refractivity contribution in [1.82, 2.24) is 10.2 Å². The van der Waals surface area contributed by atoms with Crippen LogP contribution in [0, 0.1) is 5.82 Å². The third-order valence-electron chi connectivity index (χ3n) is 2.08. The van der Waals surface area contributed by atoms with Gasteiger partial charge in [0.2, 0.25) is 0 Å². The average molecular weight is 220 g/mol. The summed E-state index contributed by atoms with van der Waals surface area (Å²) in [5, 5.41) is 6.09. The molecule has 1 N–H and O–H groups in total. The first-order chi connectivity index (χ1) is 7.69. The number of nitrogens with one attached hydrogen (secondary N) is 1. The van der Waals surface area contributed by atoms with E-state index in [1.54, 1.807) is 6.07 Å². The van der Waals surface area contributed by atoms with E-state index in [0.29, 0.717) is 17.0 Å². The van der Waals surface area contributed by atoms with Gasteiger partial charge in [0.05, 0.1) is 12.8 Å². The molecule has 0 saturated heterocycles. The van der Waals surface area contributed by atoms with Crippen LogP contribution in [0.4, 0.5) is 4.39 Å². The summed E-state index contributed by atoms with van der Waals surface area (Å²) < 4.78 is 18.1. The number of ether oxygens (including phenoxy) is 1. The number of aromatic nitrogens is 2. The zero-order valence-electron chi connectivity index (χ0n) is 8.53. The van der Waals surface area contributed by atoms with Gasteiger partial charge in [0, 0.05) is 17.7 Å². The second-order valence-electron chi connectivity index (χ2n) is 3.19. The maximum Gasteiger partial charge on any atom is 0.264 e. The van der Waals surface area contributed by atoms with E-state index in [1.807, 2.05) is 0 Å². The Labute approximate surface area is 90.7 Å². The van der Waals surface area contributed by atoms with Gasteiger partial charge in [0.15, 0.2) is 0 Å². The van der Waals surface area contributed by atoms with Crippen LogP contribution in [0.2, 0.25) is 0 Å². The van der Waals surface area contributed by atoms with Gasteiger partial charge in [-0.15, -0.1) is 0 Å². The molecule has 0 spiro atoms. The van der Waals surface area contributed by atoms with Crippen LogP contribution >= 0.6 is 0 Å². The molecule has 0 aliphatic rings. The van der Waals surface area contributed by atoms with Gasteiger partial charge in [0.1, 0.15) is 11.6 Å². The Hall–Kier alpha value is -2.17. The molecule has 0 aliphatic heterocycles. The number of H-pyrrole nitrogens is 1. The smallest absolute Gasteiger partial charge is 0.264 e. The van der Waals surface area contributed by atoms with E-state index < -0.39 is 5.82 Å². The molecule has 1 heterocycles. The van der Waals surface area contributed by atoms with Crippen molar-refractivity contribution in [2.24, 2.45) is 0 Å². The maximum absolute atomic E-state index is 13.2. The van der Waals surface area contributed by atoms with Crippen molar-refractivity contribution in [3.05, 3.63) is 46.5 Å². The molecule has 0 saturated carbocycles. The molecule has 0 bridgehead atoms. The van der Waals surface area contributed by atoms with Crippen molar-refractivity contribution in [3.8, 4) is 17.0 Å². The molecule has 0 radical (unpaired) electrons. The summed E-state index contributed by atoms with van der Waals surface area (Å²) in [7, 11) is 1.46. The molecular weight excluding hydrogens is 211 g/mol. The summed E-state index contributed by atoms with van der Waals surface area (Å²) in [5.41, 5.74) is 0.734. The van der Waals surface area contributed by atoms with Crippen LogP contribution in [0.25, 0.3) is 11.3 Å². The lowest BCUT2D eigenvalue weighted by molar-refractivity contribution is 0.411. The van der Waals surface area contributed by atoms with E-state index in [0.717, 1.165) is 0 Å². The number of nitrogens with zero attached hydrogens (tertiary/aromatic N) is 1. The lowest BCUT2D eigenvalue weighted by atomic mass is 10.1. The number of hydrogen-bond donors (Lipinski definition) is 1. The van der Waals surface area contributed by atoms with E-state index in [2.05, 4.69) is 10.2 Å². The molecule has 0 unspecified atom stereocenters. The minimum Gasteiger partial charge on any atom is -0.497 e. The molecule has 16 heavy (non-hydrogen) atoms. The first-order valence-electron chi connectivity index (χ1n) is 4.60. The van der Waals surface area contributed by atoms with Gasteiger partial charge in [-0.05, 0) is 18.2 Å². The maximum atomic E-state index is 13.2. The molecule has 1 aromatic carbocycles. The van der Waals surface area contributed by atoms with Crippen LogP contribution in [0.5, 0.6) is 5.75 Å². The van der Waals surface area contributed by atoms with Crippen molar-refractivity contribution >= 4 is 0 Å². The van der Waals surface area contributed by atoms with Crippen LogP contribution in [0.15, 0.2) is 35.1 Å². The van der Waals surface area contributed by atoms with Crippen molar-refractivity contribution < 1.29 is 9.13 Å². The number of hydrogen-bond acceptors (Lipinski definition) is 3. The Morgan fingerprint density at radius 2 is 2.12 bits per heavy atom. The SMILES string of the molecule is COc1cc(F)cc(-c2ccc(=O)[nH]n2)c1. The Bertz CT molecular complexity index is 546. The first kappa shape index (κ1) is 10.4. The monoisotopic (exact) mass is 220 g/mol. The lowest BCUT2D eigenvalue weighted by Gasteiger charge is -2.04. The fraction of sp³-hybridized carbons (Fsp3) is 0.0909. The Morgan fingerprint density at radius 1 is 1.31 bits per heavy atom. The molecule has 2 rings (SSSR count). The molecule has 0 amide bonds. The van der Waals surface area contributed by atoms with Gasteiger partial charge in [-0.2, -0.15) is 5.10 Å². The largest absolute Gasteiger partial charge is 0.497 e. The van der Waals surface area contributed by atoms with Crippen LogP contribution < -0.4 is 10.3 Å². The number of halogens is 1. The topological polar surface area (TPSA) is 55.0 Å². The Morgan fingerprint density at radius 3 is 2.75 bits per heavy atom. The predicted molar refractivity (Wildman–Crippen MR) is 56.8 cm³/mol. The van der Waals surface area contributed by atoms with E-state index in [-0.39, 0.29) is 5.56 Å². The van der Waals surface area contributed by atoms with E-state index in [1.165, 1.54) is 31.4 Å². The van der Waals surface area contributed by atoms with Crippen molar-refractivity contribution in [2.75, 3.05) is 7.11 Å². The fourth-order valence-electron chi connectivity index (χ4n) is 1.33. The highest BCUT2D eigenvalue weighted by Crippen LogP contribution is 2.22. The first-order valence-corrected chi connectivity index (χ1v) is 4.60. The standard InChI is InChI=1S/C11H9FN2O2/c1-16-9-5-7(4-8(12)6-9)10-2-3-11(15)14-13-10/h2-6H,1H3,(H,14,15). The second kappa shape index (κ2) is 4.14. The number of rotatable bonds is 2. The second-order valence-corrected chi connectivity index (χ2v) is 3.19. The molecular formula is C11H9FN2O2. The minimum atomic E-state index is -0.414. The van der Waals surface area contributed by atoms with Crippen molar-refractivity contribution in [3.63, 3.8) is 0 Å². The number of benzene rings is 1. The Kier molecular flexibility index (Phi) is 2.68. The average Bonchev–Trinajstić information content (AvgIpc) is 2.29. The number of aromatic amines is 1. The van der Waals surface area contributed by atoms with Gasteiger partial charge < -0.3 is 4.74 Å². The fourth-order valence-corrected chi connectivity index (χ4v) is 1.33. The molecule has 0 aliphatic carbocycles. The summed E-state index contributed by atoms with van der Waals surface area (Å²) in [4.78, 5) is 10.8. The van der Waals surface area contributed by atoms with Gasteiger partial charge in [-0.25, -0.2) is 9.49 Å². The quantitative estimate of drug-likeness (QED) is 0.836. The van der Waals surface area contributed by atoms with E-state index in [9.17, 15) is 9.18 Å². The molecule has 4 nitrogen and oxygen atoms in total. The zero-order valence-corrected chi connectivity index (χ0v) is 8.53. The molecule has 1 aromatic heterocycles. The molecule has 0 atom stereocenters. The number of methoxy groups -OCH3 is 1. The summed E-state index contributed by atoms with van der Waals surface area (Å²) >= 11 is 0. The molecule has 82 valence electrons. The van der Waals surface area contributed by atoms with Gasteiger partial charge in [-0.3, -0.25) is 4.79 Å². The van der Waals surface area contributed by atoms with Crippen molar-refractivity contribution in [2.45, 2.75) is 0 Å². The highest BCUT2D eigenvalue weighted by molar-refractivity contribution is 5.60. The van der Waals surface area contributed by atoms with Gasteiger partial charge in [0.25, 0.3) is 5.56 Å². The zero-order chi connectivity index (χ0) is 11.5. The van der Waals surface area contributed by atoms with Crippen LogP contribution in [0.1, 0.15) is 0 Å². The highest BCUT2D eigenvalue weighted by atomic mass is 19.1. The third kappa shape index (κ3) is 2.08. The van der Waals surface area contributed by atoms with Crippen LogP contribution in [0.3, 0.4) is 0 Å². The lowest BCUT2D eigenvalue weighted by Crippen LogP contribution is -2.05. The van der Waals surface area contributed by atoms with E-state index in [4.69, 9.17) is 4.74 Å².